The number of carbonyl (C=O) groups excluding carboxylic acids is 1. The fourth-order valence-electron chi connectivity index (χ4n) is 5.50. The highest BCUT2D eigenvalue weighted by Gasteiger charge is 2.54. The fourth-order valence-corrected chi connectivity index (χ4v) is 5.62. The Morgan fingerprint density at radius 3 is 2.26 bits per heavy atom. The Morgan fingerprint density at radius 1 is 0.935 bits per heavy atom. The molecule has 0 bridgehead atoms. The largest absolute Gasteiger partial charge is 0.507 e. The minimum Gasteiger partial charge on any atom is -0.507 e. The highest BCUT2D eigenvalue weighted by atomic mass is 35.5. The average molecular weight is 439 g/mol. The number of carbonyl (C=O) groups is 1. The molecule has 4 nitrogen and oxygen atoms in total. The van der Waals surface area contributed by atoms with Gasteiger partial charge in [-0.15, -0.1) is 0 Å². The van der Waals surface area contributed by atoms with Crippen molar-refractivity contribution in [3.63, 3.8) is 0 Å². The number of hydrogen-bond acceptors (Lipinski definition) is 4. The molecule has 0 atom stereocenters. The number of ether oxygens (including phenoxy) is 2. The van der Waals surface area contributed by atoms with Crippen LogP contribution in [0.3, 0.4) is 0 Å². The van der Waals surface area contributed by atoms with Crippen LogP contribution < -0.4 is 0 Å². The van der Waals surface area contributed by atoms with Crippen LogP contribution in [-0.4, -0.2) is 28.9 Å². The van der Waals surface area contributed by atoms with E-state index in [1.165, 1.54) is 0 Å². The van der Waals surface area contributed by atoms with E-state index in [2.05, 4.69) is 6.07 Å². The van der Waals surface area contributed by atoms with Crippen molar-refractivity contribution in [2.75, 3.05) is 6.61 Å². The van der Waals surface area contributed by atoms with Gasteiger partial charge in [-0.1, -0.05) is 29.8 Å². The molecular formula is C26H27ClO4. The zero-order valence-corrected chi connectivity index (χ0v) is 18.7. The highest BCUT2D eigenvalue weighted by Crippen LogP contribution is 2.51. The quantitative estimate of drug-likeness (QED) is 0.558. The van der Waals surface area contributed by atoms with E-state index < -0.39 is 11.6 Å². The minimum absolute atomic E-state index is 0.0827. The molecule has 0 aromatic heterocycles. The number of aliphatic hydroxyl groups is 1. The summed E-state index contributed by atoms with van der Waals surface area (Å²) in [5.74, 6) is -0.353. The number of aliphatic hydroxyl groups excluding tert-OH is 1. The number of rotatable bonds is 2. The number of hydrogen-bond donors (Lipinski definition) is 1. The molecule has 2 heterocycles. The number of halogens is 1. The van der Waals surface area contributed by atoms with Crippen molar-refractivity contribution < 1.29 is 19.4 Å². The summed E-state index contributed by atoms with van der Waals surface area (Å²) in [5.41, 5.74) is 4.09. The van der Waals surface area contributed by atoms with Crippen LogP contribution in [0.25, 0.3) is 16.7 Å². The van der Waals surface area contributed by atoms with Gasteiger partial charge in [0, 0.05) is 11.6 Å². The highest BCUT2D eigenvalue weighted by molar-refractivity contribution is 6.30. The van der Waals surface area contributed by atoms with Crippen molar-refractivity contribution in [1.29, 1.82) is 0 Å². The monoisotopic (exact) mass is 438 g/mol. The molecule has 2 aromatic rings. The second-order valence-electron chi connectivity index (χ2n) is 9.23. The van der Waals surface area contributed by atoms with Gasteiger partial charge in [0.2, 0.25) is 0 Å². The van der Waals surface area contributed by atoms with Crippen molar-refractivity contribution in [1.82, 2.24) is 0 Å². The lowest BCUT2D eigenvalue weighted by atomic mass is 9.73. The standard InChI is InChI=1S/C26H27ClO4/c1-16-14-17(2)21(15-20(16)18-4-6-19(27)7-5-18)22-23(28)26(31-24(22)29)11-9-25(10-12-26)8-3-13-30-25/h4-7,14-15,28H,3,8-13H2,1-2H3/t25-,26-. The molecule has 2 fully saturated rings. The molecule has 0 radical (unpaired) electrons. The molecule has 1 saturated carbocycles. The summed E-state index contributed by atoms with van der Waals surface area (Å²) in [5, 5.41) is 12.0. The van der Waals surface area contributed by atoms with Crippen LogP contribution in [0, 0.1) is 13.8 Å². The molecule has 0 amide bonds. The first-order chi connectivity index (χ1) is 14.8. The SMILES string of the molecule is Cc1cc(C)c(-c2ccc(Cl)cc2)cc1C1=C(O)[C@]2(CC[C@]3(CCCO3)CC2)OC1=O. The van der Waals surface area contributed by atoms with Gasteiger partial charge < -0.3 is 14.6 Å². The van der Waals surface area contributed by atoms with Crippen LogP contribution in [0.5, 0.6) is 0 Å². The first-order valence-corrected chi connectivity index (χ1v) is 11.4. The summed E-state index contributed by atoms with van der Waals surface area (Å²) in [4.78, 5) is 13.0. The summed E-state index contributed by atoms with van der Waals surface area (Å²) in [6, 6.07) is 11.7. The van der Waals surface area contributed by atoms with E-state index >= 15 is 0 Å². The van der Waals surface area contributed by atoms with Gasteiger partial charge in [0.05, 0.1) is 5.60 Å². The summed E-state index contributed by atoms with van der Waals surface area (Å²) in [6.45, 7) is 4.82. The maximum Gasteiger partial charge on any atom is 0.343 e. The molecule has 2 aliphatic heterocycles. The van der Waals surface area contributed by atoms with Gasteiger partial charge in [-0.05, 0) is 98.4 Å². The van der Waals surface area contributed by atoms with Crippen LogP contribution in [-0.2, 0) is 14.3 Å². The van der Waals surface area contributed by atoms with Crippen molar-refractivity contribution in [3.8, 4) is 11.1 Å². The second kappa shape index (κ2) is 7.39. The Bertz CT molecular complexity index is 1070. The molecule has 1 aliphatic carbocycles. The van der Waals surface area contributed by atoms with Gasteiger partial charge in [0.25, 0.3) is 0 Å². The van der Waals surface area contributed by atoms with Crippen LogP contribution in [0.15, 0.2) is 42.2 Å². The van der Waals surface area contributed by atoms with Crippen LogP contribution >= 0.6 is 11.6 Å². The maximum absolute atomic E-state index is 13.0. The van der Waals surface area contributed by atoms with E-state index in [1.807, 2.05) is 44.2 Å². The summed E-state index contributed by atoms with van der Waals surface area (Å²) >= 11 is 6.05. The van der Waals surface area contributed by atoms with Crippen LogP contribution in [0.4, 0.5) is 0 Å². The normalized spacial score (nSPS) is 28.0. The number of esters is 1. The van der Waals surface area contributed by atoms with Crippen molar-refractivity contribution in [2.24, 2.45) is 0 Å². The fraction of sp³-hybridized carbons (Fsp3) is 0.423. The molecule has 3 aliphatic rings. The molecule has 0 unspecified atom stereocenters. The zero-order valence-electron chi connectivity index (χ0n) is 18.0. The second-order valence-corrected chi connectivity index (χ2v) is 9.67. The van der Waals surface area contributed by atoms with E-state index in [4.69, 9.17) is 21.1 Å². The van der Waals surface area contributed by atoms with Crippen molar-refractivity contribution in [3.05, 3.63) is 63.9 Å². The Balaban J connectivity index is 1.54. The predicted molar refractivity (Wildman–Crippen MR) is 121 cm³/mol. The lowest BCUT2D eigenvalue weighted by molar-refractivity contribution is -0.156. The summed E-state index contributed by atoms with van der Waals surface area (Å²) < 4.78 is 11.9. The van der Waals surface area contributed by atoms with Gasteiger partial charge in [-0.25, -0.2) is 4.79 Å². The Labute approximate surface area is 187 Å². The molecule has 5 rings (SSSR count). The zero-order chi connectivity index (χ0) is 21.8. The third-order valence-electron chi connectivity index (χ3n) is 7.31. The van der Waals surface area contributed by atoms with E-state index in [1.54, 1.807) is 0 Å². The molecule has 1 N–H and O–H groups in total. The first-order valence-electron chi connectivity index (χ1n) is 11.0. The summed E-state index contributed by atoms with van der Waals surface area (Å²) in [7, 11) is 0. The summed E-state index contributed by atoms with van der Waals surface area (Å²) in [6.07, 6.45) is 4.94. The third-order valence-corrected chi connectivity index (χ3v) is 7.56. The average Bonchev–Trinajstić information content (AvgIpc) is 3.29. The molecule has 5 heteroatoms. The van der Waals surface area contributed by atoms with Crippen LogP contribution in [0.2, 0.25) is 5.02 Å². The van der Waals surface area contributed by atoms with E-state index in [0.29, 0.717) is 23.4 Å². The van der Waals surface area contributed by atoms with Gasteiger partial charge in [0.15, 0.2) is 11.4 Å². The molecule has 31 heavy (non-hydrogen) atoms. The van der Waals surface area contributed by atoms with Gasteiger partial charge in [-0.3, -0.25) is 0 Å². The van der Waals surface area contributed by atoms with E-state index in [9.17, 15) is 9.90 Å². The molecule has 2 spiro atoms. The number of benzene rings is 2. The Hall–Kier alpha value is -2.30. The molecule has 1 saturated heterocycles. The first kappa shape index (κ1) is 20.6. The van der Waals surface area contributed by atoms with Crippen molar-refractivity contribution >= 4 is 23.1 Å². The van der Waals surface area contributed by atoms with Crippen molar-refractivity contribution in [2.45, 2.75) is 63.6 Å². The Kier molecular flexibility index (Phi) is 4.91. The van der Waals surface area contributed by atoms with Gasteiger partial charge >= 0.3 is 5.97 Å². The van der Waals surface area contributed by atoms with Gasteiger partial charge in [-0.2, -0.15) is 0 Å². The lowest BCUT2D eigenvalue weighted by Gasteiger charge is -2.41. The number of aryl methyl sites for hydroxylation is 2. The third kappa shape index (κ3) is 3.37. The van der Waals surface area contributed by atoms with Gasteiger partial charge in [0.1, 0.15) is 5.57 Å². The molecule has 2 aromatic carbocycles. The predicted octanol–water partition coefficient (Wildman–Crippen LogP) is 6.31. The van der Waals surface area contributed by atoms with E-state index in [0.717, 1.165) is 60.1 Å². The Morgan fingerprint density at radius 2 is 1.61 bits per heavy atom. The minimum atomic E-state index is -0.915. The molecular weight excluding hydrogens is 412 g/mol. The maximum atomic E-state index is 13.0. The van der Waals surface area contributed by atoms with E-state index in [-0.39, 0.29) is 11.4 Å². The van der Waals surface area contributed by atoms with Crippen LogP contribution in [0.1, 0.15) is 55.2 Å². The molecule has 162 valence electrons. The lowest BCUT2D eigenvalue weighted by Crippen LogP contribution is -2.44. The smallest absolute Gasteiger partial charge is 0.343 e. The topological polar surface area (TPSA) is 55.8 Å².